The van der Waals surface area contributed by atoms with Gasteiger partial charge in [0.25, 0.3) is 0 Å². The fraction of sp³-hybridized carbons (Fsp3) is 0.515. The van der Waals surface area contributed by atoms with E-state index in [1.54, 1.807) is 0 Å². The summed E-state index contributed by atoms with van der Waals surface area (Å²) in [5.74, 6) is 1.13. The molecule has 0 aliphatic heterocycles. The van der Waals surface area contributed by atoms with E-state index in [4.69, 9.17) is 0 Å². The maximum Gasteiger partial charge on any atom is 0.0407 e. The third-order valence-corrected chi connectivity index (χ3v) is 6.31. The van der Waals surface area contributed by atoms with Gasteiger partial charge in [0, 0.05) is 5.92 Å². The van der Waals surface area contributed by atoms with Crippen molar-refractivity contribution >= 4 is 0 Å². The fourth-order valence-corrected chi connectivity index (χ4v) is 5.10. The minimum Gasteiger partial charge on any atom is -0.0616 e. The van der Waals surface area contributed by atoms with Gasteiger partial charge in [-0.2, -0.15) is 0 Å². The summed E-state index contributed by atoms with van der Waals surface area (Å²) >= 11 is 0. The zero-order chi connectivity index (χ0) is 25.8. The Kier molecular flexibility index (Phi) is 7.20. The van der Waals surface area contributed by atoms with Crippen LogP contribution in [0.3, 0.4) is 0 Å². The number of hydrogen-bond donors (Lipinski definition) is 0. The average Bonchev–Trinajstić information content (AvgIpc) is 2.57. The van der Waals surface area contributed by atoms with Gasteiger partial charge in [0.15, 0.2) is 0 Å². The quantitative estimate of drug-likeness (QED) is 0.442. The highest BCUT2D eigenvalue weighted by Gasteiger charge is 2.39. The van der Waals surface area contributed by atoms with Crippen LogP contribution in [0.4, 0.5) is 0 Å². The molecule has 0 atom stereocenters. The summed E-state index contributed by atoms with van der Waals surface area (Å²) in [7, 11) is 0. The third kappa shape index (κ3) is 5.93. The zero-order valence-electron chi connectivity index (χ0n) is 23.6. The molecule has 0 unspecified atom stereocenters. The van der Waals surface area contributed by atoms with Crippen LogP contribution in [0, 0.1) is 32.1 Å². The van der Waals surface area contributed by atoms with E-state index in [1.807, 2.05) is 0 Å². The summed E-state index contributed by atoms with van der Waals surface area (Å²) in [5.41, 5.74) is 7.15. The van der Waals surface area contributed by atoms with E-state index in [0.717, 1.165) is 5.92 Å². The lowest BCUT2D eigenvalue weighted by Gasteiger charge is -2.41. The Labute approximate surface area is 206 Å². The van der Waals surface area contributed by atoms with Crippen molar-refractivity contribution in [1.29, 1.82) is 0 Å². The van der Waals surface area contributed by atoms with E-state index >= 15 is 0 Å². The summed E-state index contributed by atoms with van der Waals surface area (Å²) < 4.78 is 0. The van der Waals surface area contributed by atoms with E-state index in [2.05, 4.69) is 140 Å². The topological polar surface area (TPSA) is 0 Å². The molecule has 0 bridgehead atoms. The molecule has 180 valence electrons. The number of rotatable bonds is 3. The molecule has 0 fully saturated rings. The largest absolute Gasteiger partial charge is 0.0616 e. The highest BCUT2D eigenvalue weighted by atomic mass is 14.4. The molecular weight excluding hydrogens is 396 g/mol. The van der Waals surface area contributed by atoms with Crippen molar-refractivity contribution in [3.63, 3.8) is 0 Å². The van der Waals surface area contributed by atoms with E-state index < -0.39 is 5.41 Å². The molecule has 0 heterocycles. The van der Waals surface area contributed by atoms with Gasteiger partial charge in [0.05, 0.1) is 0 Å². The summed E-state index contributed by atoms with van der Waals surface area (Å²) in [6.07, 6.45) is 0. The van der Waals surface area contributed by atoms with Crippen molar-refractivity contribution in [3.05, 3.63) is 96.5 Å². The summed E-state index contributed by atoms with van der Waals surface area (Å²) in [6.45, 7) is 41.1. The van der Waals surface area contributed by atoms with Gasteiger partial charge in [-0.1, -0.05) is 119 Å². The summed E-state index contributed by atoms with van der Waals surface area (Å²) in [4.78, 5) is 0. The smallest absolute Gasteiger partial charge is 0.0407 e. The van der Waals surface area contributed by atoms with Crippen molar-refractivity contribution in [2.75, 3.05) is 0 Å². The Balaban J connectivity index is 3.10. The predicted molar refractivity (Wildman–Crippen MR) is 148 cm³/mol. The fourth-order valence-electron chi connectivity index (χ4n) is 5.10. The van der Waals surface area contributed by atoms with Crippen LogP contribution in [0.1, 0.15) is 116 Å². The van der Waals surface area contributed by atoms with Gasteiger partial charge in [-0.3, -0.25) is 0 Å². The van der Waals surface area contributed by atoms with Crippen LogP contribution in [-0.4, -0.2) is 0 Å². The normalized spacial score (nSPS) is 14.2. The molecular formula is C33H48. The van der Waals surface area contributed by atoms with E-state index in [-0.39, 0.29) is 21.7 Å². The Morgan fingerprint density at radius 2 is 0.788 bits per heavy atom. The predicted octanol–water partition coefficient (Wildman–Crippen LogP) is 9.34. The molecule has 0 N–H and O–H groups in total. The van der Waals surface area contributed by atoms with Crippen LogP contribution >= 0.6 is 0 Å². The highest BCUT2D eigenvalue weighted by Crippen LogP contribution is 2.49. The van der Waals surface area contributed by atoms with Crippen molar-refractivity contribution in [2.24, 2.45) is 5.41 Å². The number of benzene rings is 2. The van der Waals surface area contributed by atoms with Crippen LogP contribution < -0.4 is 0 Å². The first-order chi connectivity index (χ1) is 14.6. The zero-order valence-corrected chi connectivity index (χ0v) is 23.6. The first-order valence-electron chi connectivity index (χ1n) is 12.3. The molecule has 33 heavy (non-hydrogen) atoms. The maximum atomic E-state index is 4.49. The van der Waals surface area contributed by atoms with Gasteiger partial charge in [-0.15, -0.1) is 0 Å². The lowest BCUT2D eigenvalue weighted by Crippen LogP contribution is -2.32. The monoisotopic (exact) mass is 444 g/mol. The minimum absolute atomic E-state index is 0.0238. The molecule has 0 spiro atoms. The SMILES string of the molecule is [CH2]C([CH2])([CH2])[C](c1cccc(C(C)(C)C)c1C(C)(C)C)c1cccc(C(C)(C)C)c1C(C)(C)C. The molecule has 4 radical (unpaired) electrons. The molecule has 0 saturated heterocycles. The van der Waals surface area contributed by atoms with Gasteiger partial charge < -0.3 is 0 Å². The Morgan fingerprint density at radius 3 is 1.00 bits per heavy atom. The van der Waals surface area contributed by atoms with Gasteiger partial charge in [-0.05, 0) is 81.2 Å². The molecule has 0 heteroatoms. The van der Waals surface area contributed by atoms with Crippen molar-refractivity contribution < 1.29 is 0 Å². The Morgan fingerprint density at radius 1 is 0.485 bits per heavy atom. The molecule has 2 rings (SSSR count). The molecule has 0 aliphatic rings. The van der Waals surface area contributed by atoms with Crippen LogP contribution in [0.25, 0.3) is 0 Å². The van der Waals surface area contributed by atoms with Crippen LogP contribution in [-0.2, 0) is 21.7 Å². The molecule has 0 aromatic heterocycles. The van der Waals surface area contributed by atoms with Gasteiger partial charge >= 0.3 is 0 Å². The Bertz CT molecular complexity index is 892. The highest BCUT2D eigenvalue weighted by molar-refractivity contribution is 5.62. The minimum atomic E-state index is -0.757. The molecule has 0 aliphatic carbocycles. The maximum absolute atomic E-state index is 4.49. The Hall–Kier alpha value is -1.56. The second-order valence-electron chi connectivity index (χ2n) is 14.1. The lowest BCUT2D eigenvalue weighted by molar-refractivity contribution is 0.514. The molecule has 0 saturated carbocycles. The summed E-state index contributed by atoms with van der Waals surface area (Å²) in [6, 6.07) is 13.5. The van der Waals surface area contributed by atoms with Gasteiger partial charge in [-0.25, -0.2) is 0 Å². The second-order valence-corrected chi connectivity index (χ2v) is 14.1. The molecule has 0 amide bonds. The van der Waals surface area contributed by atoms with Crippen LogP contribution in [0.2, 0.25) is 0 Å². The molecule has 0 nitrogen and oxygen atoms in total. The van der Waals surface area contributed by atoms with Crippen molar-refractivity contribution in [1.82, 2.24) is 0 Å². The van der Waals surface area contributed by atoms with Crippen LogP contribution in [0.5, 0.6) is 0 Å². The average molecular weight is 445 g/mol. The standard InChI is InChI=1S/C33H48/c1-29(2,3)24-20-16-18-22(27(24)32(10,11)12)26(31(7,8)9)23-19-17-21-25(30(4,5)6)28(23)33(13,14)15/h16-21H,7-9H2,1-6,10-15H3. The number of hydrogen-bond acceptors (Lipinski definition) is 0. The first kappa shape index (κ1) is 27.7. The van der Waals surface area contributed by atoms with Crippen molar-refractivity contribution in [3.8, 4) is 0 Å². The molecule has 2 aromatic rings. The lowest BCUT2D eigenvalue weighted by atomic mass is 9.62. The van der Waals surface area contributed by atoms with Crippen LogP contribution in [0.15, 0.2) is 36.4 Å². The van der Waals surface area contributed by atoms with Crippen molar-refractivity contribution in [2.45, 2.75) is 105 Å². The van der Waals surface area contributed by atoms with Gasteiger partial charge in [0.1, 0.15) is 0 Å². The first-order valence-corrected chi connectivity index (χ1v) is 12.3. The van der Waals surface area contributed by atoms with E-state index in [0.29, 0.717) is 0 Å². The van der Waals surface area contributed by atoms with Gasteiger partial charge in [0.2, 0.25) is 0 Å². The van der Waals surface area contributed by atoms with E-state index in [9.17, 15) is 0 Å². The third-order valence-electron chi connectivity index (χ3n) is 6.31. The van der Waals surface area contributed by atoms with E-state index in [1.165, 1.54) is 33.4 Å². The summed E-state index contributed by atoms with van der Waals surface area (Å²) in [5, 5.41) is 0. The second kappa shape index (κ2) is 8.58. The molecule has 2 aromatic carbocycles.